The smallest absolute Gasteiger partial charge is 0.381 e. The number of rotatable bonds is 3. The van der Waals surface area contributed by atoms with Crippen LogP contribution < -0.4 is 5.32 Å². The van der Waals surface area contributed by atoms with E-state index in [1.165, 1.54) is 10.7 Å². The van der Waals surface area contributed by atoms with Gasteiger partial charge in [0, 0.05) is 29.3 Å². The van der Waals surface area contributed by atoms with E-state index in [0.717, 1.165) is 17.3 Å². The molecule has 0 saturated carbocycles. The number of aromatic nitrogens is 2. The molecule has 21 heavy (non-hydrogen) atoms. The molecule has 0 aliphatic heterocycles. The van der Waals surface area contributed by atoms with E-state index in [9.17, 15) is 13.2 Å². The van der Waals surface area contributed by atoms with Crippen LogP contribution in [0.1, 0.15) is 16.8 Å². The maximum Gasteiger partial charge on any atom is 0.417 e. The monoisotopic (exact) mass is 381 g/mol. The van der Waals surface area contributed by atoms with Crippen LogP contribution in [0, 0.1) is 6.92 Å². The summed E-state index contributed by atoms with van der Waals surface area (Å²) in [5.74, 6) is 0. The lowest BCUT2D eigenvalue weighted by Gasteiger charge is -2.12. The predicted molar refractivity (Wildman–Crippen MR) is 79.4 cm³/mol. The van der Waals surface area contributed by atoms with Gasteiger partial charge in [-0.15, -0.1) is 0 Å². The lowest BCUT2D eigenvalue weighted by molar-refractivity contribution is -0.138. The van der Waals surface area contributed by atoms with Crippen molar-refractivity contribution in [2.45, 2.75) is 19.6 Å². The Bertz CT molecular complexity index is 667. The molecule has 114 valence electrons. The Morgan fingerprint density at radius 2 is 2.05 bits per heavy atom. The zero-order valence-electron chi connectivity index (χ0n) is 11.2. The van der Waals surface area contributed by atoms with Crippen molar-refractivity contribution >= 4 is 33.2 Å². The normalized spacial score (nSPS) is 11.8. The molecule has 0 aliphatic rings. The standard InChI is InChI=1S/C13H12BrClF3N3/c1-7-9(12(15)21(2)20-7)6-19-8-3-4-11(14)10(5-8)13(16,17)18/h3-5,19H,6H2,1-2H3. The first-order chi connectivity index (χ1) is 9.70. The minimum atomic E-state index is -4.40. The Kier molecular flexibility index (Phi) is 4.53. The molecule has 0 spiro atoms. The Morgan fingerprint density at radius 1 is 1.38 bits per heavy atom. The van der Waals surface area contributed by atoms with E-state index in [1.54, 1.807) is 20.0 Å². The fourth-order valence-corrected chi connectivity index (χ4v) is 2.63. The van der Waals surface area contributed by atoms with Gasteiger partial charge in [0.25, 0.3) is 0 Å². The topological polar surface area (TPSA) is 29.9 Å². The summed E-state index contributed by atoms with van der Waals surface area (Å²) in [4.78, 5) is 0. The average molecular weight is 383 g/mol. The van der Waals surface area contributed by atoms with Gasteiger partial charge in [0.1, 0.15) is 5.15 Å². The van der Waals surface area contributed by atoms with Gasteiger partial charge in [-0.3, -0.25) is 4.68 Å². The predicted octanol–water partition coefficient (Wildman–Crippen LogP) is 4.78. The van der Waals surface area contributed by atoms with Gasteiger partial charge >= 0.3 is 6.18 Å². The van der Waals surface area contributed by atoms with Crippen LogP contribution in [0.3, 0.4) is 0 Å². The number of nitrogens with one attached hydrogen (secondary N) is 1. The summed E-state index contributed by atoms with van der Waals surface area (Å²) in [6.07, 6.45) is -4.40. The largest absolute Gasteiger partial charge is 0.417 e. The molecule has 0 fully saturated rings. The van der Waals surface area contributed by atoms with Crippen molar-refractivity contribution in [2.24, 2.45) is 7.05 Å². The minimum Gasteiger partial charge on any atom is -0.381 e. The van der Waals surface area contributed by atoms with E-state index in [2.05, 4.69) is 26.3 Å². The van der Waals surface area contributed by atoms with E-state index in [1.807, 2.05) is 0 Å². The number of anilines is 1. The molecule has 0 bridgehead atoms. The number of hydrogen-bond donors (Lipinski definition) is 1. The van der Waals surface area contributed by atoms with Gasteiger partial charge in [0.15, 0.2) is 0 Å². The SMILES string of the molecule is Cc1nn(C)c(Cl)c1CNc1ccc(Br)c(C(F)(F)F)c1. The third-order valence-corrected chi connectivity index (χ3v) is 4.18. The van der Waals surface area contributed by atoms with Crippen molar-refractivity contribution in [3.8, 4) is 0 Å². The summed E-state index contributed by atoms with van der Waals surface area (Å²) in [5.41, 5.74) is 1.14. The van der Waals surface area contributed by atoms with Gasteiger partial charge in [-0.1, -0.05) is 27.5 Å². The molecule has 0 atom stereocenters. The van der Waals surface area contributed by atoms with Crippen molar-refractivity contribution < 1.29 is 13.2 Å². The van der Waals surface area contributed by atoms with Gasteiger partial charge in [-0.05, 0) is 25.1 Å². The summed E-state index contributed by atoms with van der Waals surface area (Å²) in [6, 6.07) is 3.99. The highest BCUT2D eigenvalue weighted by molar-refractivity contribution is 9.10. The van der Waals surface area contributed by atoms with Crippen LogP contribution in [0.2, 0.25) is 5.15 Å². The Labute approximate surface area is 133 Å². The zero-order valence-corrected chi connectivity index (χ0v) is 13.6. The number of nitrogens with zero attached hydrogens (tertiary/aromatic N) is 2. The van der Waals surface area contributed by atoms with Gasteiger partial charge in [0.05, 0.1) is 11.3 Å². The molecule has 1 heterocycles. The quantitative estimate of drug-likeness (QED) is 0.828. The third kappa shape index (κ3) is 3.52. The molecule has 1 N–H and O–H groups in total. The van der Waals surface area contributed by atoms with E-state index in [0.29, 0.717) is 17.4 Å². The second kappa shape index (κ2) is 5.88. The van der Waals surface area contributed by atoms with Crippen LogP contribution >= 0.6 is 27.5 Å². The highest BCUT2D eigenvalue weighted by atomic mass is 79.9. The van der Waals surface area contributed by atoms with Crippen molar-refractivity contribution in [1.29, 1.82) is 0 Å². The van der Waals surface area contributed by atoms with Gasteiger partial charge in [-0.25, -0.2) is 0 Å². The van der Waals surface area contributed by atoms with E-state index < -0.39 is 11.7 Å². The fourth-order valence-electron chi connectivity index (χ4n) is 1.92. The Morgan fingerprint density at radius 3 is 2.57 bits per heavy atom. The number of hydrogen-bond acceptors (Lipinski definition) is 2. The molecule has 1 aromatic heterocycles. The maximum absolute atomic E-state index is 12.8. The summed E-state index contributed by atoms with van der Waals surface area (Å²) < 4.78 is 40.0. The molecule has 2 aromatic rings. The minimum absolute atomic E-state index is 0.0103. The van der Waals surface area contributed by atoms with Crippen molar-refractivity contribution in [2.75, 3.05) is 5.32 Å². The Hall–Kier alpha value is -1.21. The maximum atomic E-state index is 12.8. The molecule has 2 rings (SSSR count). The lowest BCUT2D eigenvalue weighted by Crippen LogP contribution is -2.08. The highest BCUT2D eigenvalue weighted by Crippen LogP contribution is 2.36. The van der Waals surface area contributed by atoms with Crippen LogP contribution in [-0.4, -0.2) is 9.78 Å². The van der Waals surface area contributed by atoms with Gasteiger partial charge in [-0.2, -0.15) is 18.3 Å². The summed E-state index contributed by atoms with van der Waals surface area (Å²) in [5, 5.41) is 7.55. The van der Waals surface area contributed by atoms with Gasteiger partial charge in [0.2, 0.25) is 0 Å². The molecular weight excluding hydrogens is 371 g/mol. The molecule has 1 aromatic carbocycles. The Balaban J connectivity index is 2.21. The number of halogens is 5. The third-order valence-electron chi connectivity index (χ3n) is 3.01. The second-order valence-electron chi connectivity index (χ2n) is 4.52. The van der Waals surface area contributed by atoms with Crippen molar-refractivity contribution in [3.63, 3.8) is 0 Å². The van der Waals surface area contributed by atoms with Crippen LogP contribution in [0.15, 0.2) is 22.7 Å². The summed E-state index contributed by atoms with van der Waals surface area (Å²) in [6.45, 7) is 2.10. The molecule has 3 nitrogen and oxygen atoms in total. The van der Waals surface area contributed by atoms with Crippen molar-refractivity contribution in [1.82, 2.24) is 9.78 Å². The molecule has 0 saturated heterocycles. The first kappa shape index (κ1) is 16.2. The van der Waals surface area contributed by atoms with E-state index >= 15 is 0 Å². The molecule has 0 amide bonds. The van der Waals surface area contributed by atoms with Gasteiger partial charge < -0.3 is 5.32 Å². The number of benzene rings is 1. The average Bonchev–Trinajstić information content (AvgIpc) is 2.61. The van der Waals surface area contributed by atoms with Crippen LogP contribution in [0.5, 0.6) is 0 Å². The van der Waals surface area contributed by atoms with Crippen LogP contribution in [0.4, 0.5) is 18.9 Å². The first-order valence-electron chi connectivity index (χ1n) is 5.98. The molecule has 0 unspecified atom stereocenters. The van der Waals surface area contributed by atoms with E-state index in [-0.39, 0.29) is 4.47 Å². The van der Waals surface area contributed by atoms with Crippen molar-refractivity contribution in [3.05, 3.63) is 44.6 Å². The summed E-state index contributed by atoms with van der Waals surface area (Å²) >= 11 is 8.99. The first-order valence-corrected chi connectivity index (χ1v) is 7.16. The fraction of sp³-hybridized carbons (Fsp3) is 0.308. The molecular formula is C13H12BrClF3N3. The molecule has 0 aliphatic carbocycles. The number of alkyl halides is 3. The lowest BCUT2D eigenvalue weighted by atomic mass is 10.2. The summed E-state index contributed by atoms with van der Waals surface area (Å²) in [7, 11) is 1.71. The van der Waals surface area contributed by atoms with E-state index in [4.69, 9.17) is 11.6 Å². The van der Waals surface area contributed by atoms with Crippen LogP contribution in [0.25, 0.3) is 0 Å². The van der Waals surface area contributed by atoms with Crippen LogP contribution in [-0.2, 0) is 19.8 Å². The molecule has 8 heteroatoms. The highest BCUT2D eigenvalue weighted by Gasteiger charge is 2.33. The second-order valence-corrected chi connectivity index (χ2v) is 5.74. The number of aryl methyl sites for hydroxylation is 2. The zero-order chi connectivity index (χ0) is 15.8. The molecule has 0 radical (unpaired) electrons.